The number of rotatable bonds is 11. The highest BCUT2D eigenvalue weighted by Crippen LogP contribution is 2.34. The van der Waals surface area contributed by atoms with Gasteiger partial charge in [-0.1, -0.05) is 30.3 Å². The van der Waals surface area contributed by atoms with E-state index in [4.69, 9.17) is 14.6 Å². The van der Waals surface area contributed by atoms with Crippen LogP contribution in [0.15, 0.2) is 65.8 Å². The predicted octanol–water partition coefficient (Wildman–Crippen LogP) is 4.57. The Kier molecular flexibility index (Phi) is 9.33. The molecule has 0 aliphatic carbocycles. The number of aromatic carboxylic acids is 1. The number of hydrazone groups is 1. The monoisotopic (exact) mass is 603 g/mol. The van der Waals surface area contributed by atoms with Crippen molar-refractivity contribution >= 4 is 46.4 Å². The molecule has 0 saturated carbocycles. The van der Waals surface area contributed by atoms with Crippen molar-refractivity contribution in [3.05, 3.63) is 96.6 Å². The van der Waals surface area contributed by atoms with Crippen molar-refractivity contribution in [2.24, 2.45) is 5.10 Å². The summed E-state index contributed by atoms with van der Waals surface area (Å²) in [6.07, 6.45) is 1.24. The number of carboxylic acids is 1. The molecule has 0 atom stereocenters. The highest BCUT2D eigenvalue weighted by molar-refractivity contribution is 14.1. The molecule has 0 spiro atoms. The summed E-state index contributed by atoms with van der Waals surface area (Å²) in [6.45, 7) is 2.36. The maximum atomic E-state index is 12.2. The highest BCUT2D eigenvalue weighted by Gasteiger charge is 2.16. The Bertz CT molecular complexity index is 1310. The normalized spacial score (nSPS) is 10.7. The molecular formula is C25H22IN3O7. The lowest BCUT2D eigenvalue weighted by molar-refractivity contribution is -0.385. The van der Waals surface area contributed by atoms with E-state index in [1.807, 2.05) is 6.92 Å². The van der Waals surface area contributed by atoms with Crippen LogP contribution < -0.4 is 14.9 Å². The number of nitrogens with one attached hydrogen (secondary N) is 1. The molecule has 3 rings (SSSR count). The summed E-state index contributed by atoms with van der Waals surface area (Å²) in [5.74, 6) is -0.551. The number of carbonyl (C=O) groups is 2. The number of ether oxygens (including phenoxy) is 2. The Balaban J connectivity index is 1.69. The summed E-state index contributed by atoms with van der Waals surface area (Å²) >= 11 is 2.09. The third kappa shape index (κ3) is 7.25. The van der Waals surface area contributed by atoms with Crippen molar-refractivity contribution in [3.63, 3.8) is 0 Å². The minimum absolute atomic E-state index is 0.127. The summed E-state index contributed by atoms with van der Waals surface area (Å²) < 4.78 is 12.4. The van der Waals surface area contributed by atoms with E-state index in [0.717, 1.165) is 3.57 Å². The molecule has 2 N–H and O–H groups in total. The molecule has 10 nitrogen and oxygen atoms in total. The van der Waals surface area contributed by atoms with Crippen molar-refractivity contribution < 1.29 is 29.1 Å². The van der Waals surface area contributed by atoms with Crippen LogP contribution in [0.25, 0.3) is 0 Å². The van der Waals surface area contributed by atoms with Crippen LogP contribution in [0, 0.1) is 13.7 Å². The van der Waals surface area contributed by atoms with E-state index in [1.165, 1.54) is 30.5 Å². The van der Waals surface area contributed by atoms with E-state index >= 15 is 0 Å². The molecule has 0 saturated heterocycles. The number of hydrogen-bond acceptors (Lipinski definition) is 7. The summed E-state index contributed by atoms with van der Waals surface area (Å²) in [5, 5.41) is 24.2. The van der Waals surface area contributed by atoms with E-state index in [9.17, 15) is 19.7 Å². The zero-order valence-corrected chi connectivity index (χ0v) is 21.3. The molecule has 0 aliphatic rings. The van der Waals surface area contributed by atoms with Gasteiger partial charge in [0.25, 0.3) is 5.69 Å². The van der Waals surface area contributed by atoms with Crippen LogP contribution in [-0.4, -0.2) is 34.7 Å². The van der Waals surface area contributed by atoms with Gasteiger partial charge in [0.2, 0.25) is 5.91 Å². The largest absolute Gasteiger partial charge is 0.490 e. The SMILES string of the molecule is CCOc1cc(/C=N/NC(=O)Cc2ccccc2[N+](=O)[O-])cc(I)c1OCc1cccc(C(=O)O)c1. The van der Waals surface area contributed by atoms with E-state index < -0.39 is 16.8 Å². The fourth-order valence-electron chi connectivity index (χ4n) is 3.24. The zero-order chi connectivity index (χ0) is 26.1. The lowest BCUT2D eigenvalue weighted by Gasteiger charge is -2.15. The number of halogens is 1. The Morgan fingerprint density at radius 3 is 2.64 bits per heavy atom. The molecule has 186 valence electrons. The van der Waals surface area contributed by atoms with Crippen molar-refractivity contribution in [1.82, 2.24) is 5.43 Å². The lowest BCUT2D eigenvalue weighted by atomic mass is 10.1. The van der Waals surface area contributed by atoms with E-state index in [2.05, 4.69) is 33.1 Å². The fraction of sp³-hybridized carbons (Fsp3) is 0.160. The number of amides is 1. The number of carboxylic acid groups (broad SMARTS) is 1. The summed E-state index contributed by atoms with van der Waals surface area (Å²) in [5.41, 5.74) is 4.04. The van der Waals surface area contributed by atoms with Crippen LogP contribution >= 0.6 is 22.6 Å². The molecule has 0 heterocycles. The van der Waals surface area contributed by atoms with Crippen LogP contribution in [0.1, 0.15) is 34.0 Å². The minimum atomic E-state index is -1.01. The molecule has 3 aromatic carbocycles. The van der Waals surface area contributed by atoms with Gasteiger partial charge in [-0.2, -0.15) is 5.10 Å². The number of nitro benzene ring substituents is 1. The number of nitrogens with zero attached hydrogens (tertiary/aromatic N) is 2. The van der Waals surface area contributed by atoms with Gasteiger partial charge >= 0.3 is 5.97 Å². The fourth-order valence-corrected chi connectivity index (χ4v) is 4.03. The van der Waals surface area contributed by atoms with Crippen LogP contribution in [0.5, 0.6) is 11.5 Å². The third-order valence-electron chi connectivity index (χ3n) is 4.83. The van der Waals surface area contributed by atoms with Gasteiger partial charge in [0, 0.05) is 11.6 Å². The van der Waals surface area contributed by atoms with Gasteiger partial charge in [-0.15, -0.1) is 0 Å². The zero-order valence-electron chi connectivity index (χ0n) is 19.1. The van der Waals surface area contributed by atoms with Gasteiger partial charge in [-0.3, -0.25) is 14.9 Å². The molecule has 0 fully saturated rings. The minimum Gasteiger partial charge on any atom is -0.490 e. The summed E-state index contributed by atoms with van der Waals surface area (Å²) in [7, 11) is 0. The molecule has 0 bridgehead atoms. The molecule has 0 radical (unpaired) electrons. The van der Waals surface area contributed by atoms with Crippen molar-refractivity contribution in [2.45, 2.75) is 20.0 Å². The molecule has 0 aromatic heterocycles. The standard InChI is InChI=1S/C25H22IN3O7/c1-2-35-22-12-17(14-27-28-23(30)13-18-7-3-4-9-21(18)29(33)34)11-20(26)24(22)36-15-16-6-5-8-19(10-16)25(31)32/h3-12,14H,2,13,15H2,1H3,(H,28,30)(H,31,32)/b27-14+. The third-order valence-corrected chi connectivity index (χ3v) is 5.63. The van der Waals surface area contributed by atoms with Gasteiger partial charge in [0.05, 0.1) is 33.3 Å². The second kappa shape index (κ2) is 12.6. The van der Waals surface area contributed by atoms with Crippen molar-refractivity contribution in [1.29, 1.82) is 0 Å². The van der Waals surface area contributed by atoms with E-state index in [1.54, 1.807) is 36.4 Å². The summed E-state index contributed by atoms with van der Waals surface area (Å²) in [4.78, 5) is 34.0. The van der Waals surface area contributed by atoms with Crippen molar-refractivity contribution in [2.75, 3.05) is 6.61 Å². The first-order valence-corrected chi connectivity index (χ1v) is 11.8. The average Bonchev–Trinajstić information content (AvgIpc) is 2.84. The Morgan fingerprint density at radius 2 is 1.92 bits per heavy atom. The first kappa shape index (κ1) is 26.6. The van der Waals surface area contributed by atoms with Crippen molar-refractivity contribution in [3.8, 4) is 11.5 Å². The molecule has 1 amide bonds. The molecular weight excluding hydrogens is 581 g/mol. The second-order valence-electron chi connectivity index (χ2n) is 7.41. The quantitative estimate of drug-likeness (QED) is 0.142. The number of hydrogen-bond donors (Lipinski definition) is 2. The summed E-state index contributed by atoms with van der Waals surface area (Å²) in [6, 6.07) is 16.0. The average molecular weight is 603 g/mol. The maximum Gasteiger partial charge on any atom is 0.335 e. The van der Waals surface area contributed by atoms with Gasteiger partial charge in [0.1, 0.15) is 6.61 Å². The van der Waals surface area contributed by atoms with Crippen LogP contribution in [-0.2, 0) is 17.8 Å². The van der Waals surface area contributed by atoms with Gasteiger partial charge in [-0.25, -0.2) is 10.2 Å². The van der Waals surface area contributed by atoms with Gasteiger partial charge in [-0.05, 0) is 64.9 Å². The predicted molar refractivity (Wildman–Crippen MR) is 141 cm³/mol. The number of carbonyl (C=O) groups excluding carboxylic acids is 1. The van der Waals surface area contributed by atoms with Crippen LogP contribution in [0.3, 0.4) is 0 Å². The molecule has 11 heteroatoms. The lowest BCUT2D eigenvalue weighted by Crippen LogP contribution is -2.20. The van der Waals surface area contributed by atoms with Gasteiger partial charge < -0.3 is 14.6 Å². The van der Waals surface area contributed by atoms with E-state index in [0.29, 0.717) is 34.8 Å². The molecule has 0 aliphatic heterocycles. The maximum absolute atomic E-state index is 12.2. The van der Waals surface area contributed by atoms with Gasteiger partial charge in [0.15, 0.2) is 11.5 Å². The van der Waals surface area contributed by atoms with E-state index in [-0.39, 0.29) is 24.3 Å². The number of para-hydroxylation sites is 1. The first-order chi connectivity index (χ1) is 17.3. The smallest absolute Gasteiger partial charge is 0.335 e. The first-order valence-electron chi connectivity index (χ1n) is 10.7. The van der Waals surface area contributed by atoms with Crippen LogP contribution in [0.2, 0.25) is 0 Å². The highest BCUT2D eigenvalue weighted by atomic mass is 127. The molecule has 36 heavy (non-hydrogen) atoms. The Morgan fingerprint density at radius 1 is 1.14 bits per heavy atom. The second-order valence-corrected chi connectivity index (χ2v) is 8.58. The molecule has 3 aromatic rings. The molecule has 0 unspecified atom stereocenters. The number of benzene rings is 3. The number of nitro groups is 1. The van der Waals surface area contributed by atoms with Crippen LogP contribution in [0.4, 0.5) is 5.69 Å². The Labute approximate surface area is 220 Å². The Hall–Kier alpha value is -4.00. The topological polar surface area (TPSA) is 140 Å².